The monoisotopic (exact) mass is 215 g/mol. The van der Waals surface area contributed by atoms with Gasteiger partial charge >= 0.3 is 0 Å². The van der Waals surface area contributed by atoms with Crippen LogP contribution in [0.3, 0.4) is 0 Å². The third-order valence-electron chi connectivity index (χ3n) is 2.87. The molecule has 1 rings (SSSR count). The Morgan fingerprint density at radius 1 is 1.29 bits per heavy atom. The van der Waals surface area contributed by atoms with Gasteiger partial charge in [-0.3, -0.25) is 4.90 Å². The summed E-state index contributed by atoms with van der Waals surface area (Å²) in [7, 11) is 0. The van der Waals surface area contributed by atoms with E-state index < -0.39 is 0 Å². The lowest BCUT2D eigenvalue weighted by Gasteiger charge is -2.41. The van der Waals surface area contributed by atoms with Crippen LogP contribution in [0.25, 0.3) is 0 Å². The third-order valence-corrected chi connectivity index (χ3v) is 4.11. The summed E-state index contributed by atoms with van der Waals surface area (Å²) in [6.07, 6.45) is 1.31. The summed E-state index contributed by atoms with van der Waals surface area (Å²) in [4.78, 5) is 2.68. The normalized spacial score (nSPS) is 19.1. The molecule has 0 atom stereocenters. The molecule has 0 aliphatic carbocycles. The molecule has 1 nitrogen and oxygen atoms in total. The fourth-order valence-corrected chi connectivity index (χ4v) is 2.57. The average Bonchev–Trinajstić information content (AvgIpc) is 1.90. The molecule has 0 N–H and O–H groups in total. The number of thioether (sulfide) groups is 1. The van der Waals surface area contributed by atoms with Crippen molar-refractivity contribution < 1.29 is 0 Å². The van der Waals surface area contributed by atoms with Crippen molar-refractivity contribution >= 4 is 11.8 Å². The second kappa shape index (κ2) is 4.89. The van der Waals surface area contributed by atoms with Gasteiger partial charge in [-0.1, -0.05) is 20.8 Å². The molecule has 0 aromatic rings. The first-order valence-corrected chi connectivity index (χ1v) is 6.89. The lowest BCUT2D eigenvalue weighted by Crippen LogP contribution is -2.48. The highest BCUT2D eigenvalue weighted by molar-refractivity contribution is 8.00. The molecule has 0 amide bonds. The molecule has 0 aromatic carbocycles. The van der Waals surface area contributed by atoms with Crippen molar-refractivity contribution in [1.29, 1.82) is 0 Å². The molecule has 0 spiro atoms. The van der Waals surface area contributed by atoms with E-state index in [2.05, 4.69) is 51.3 Å². The zero-order valence-corrected chi connectivity index (χ0v) is 11.2. The molecule has 1 heterocycles. The van der Waals surface area contributed by atoms with Gasteiger partial charge in [-0.2, -0.15) is 11.8 Å². The molecule has 0 saturated carbocycles. The van der Waals surface area contributed by atoms with E-state index in [4.69, 9.17) is 0 Å². The van der Waals surface area contributed by atoms with Gasteiger partial charge in [0, 0.05) is 23.6 Å². The molecule has 1 aliphatic heterocycles. The highest BCUT2D eigenvalue weighted by atomic mass is 32.2. The third kappa shape index (κ3) is 3.82. The first-order valence-electron chi connectivity index (χ1n) is 5.73. The van der Waals surface area contributed by atoms with E-state index in [9.17, 15) is 0 Å². The van der Waals surface area contributed by atoms with E-state index in [-0.39, 0.29) is 0 Å². The van der Waals surface area contributed by atoms with Crippen LogP contribution >= 0.6 is 11.8 Å². The van der Waals surface area contributed by atoms with Crippen molar-refractivity contribution in [2.45, 2.75) is 53.1 Å². The van der Waals surface area contributed by atoms with Crippen LogP contribution in [0.5, 0.6) is 0 Å². The zero-order chi connectivity index (χ0) is 10.8. The Balaban J connectivity index is 2.35. The molecule has 2 heteroatoms. The Hall–Kier alpha value is 0.310. The molecule has 0 unspecified atom stereocenters. The molecule has 14 heavy (non-hydrogen) atoms. The van der Waals surface area contributed by atoms with E-state index in [1.807, 2.05) is 0 Å². The average molecular weight is 215 g/mol. The molecular formula is C12H25NS. The Morgan fingerprint density at radius 3 is 2.14 bits per heavy atom. The molecule has 0 aromatic heterocycles. The minimum Gasteiger partial charge on any atom is -0.296 e. The SMILES string of the molecule is CC(C)N(CCC(C)(C)C)C1CSC1. The summed E-state index contributed by atoms with van der Waals surface area (Å²) < 4.78 is 0. The van der Waals surface area contributed by atoms with E-state index in [1.54, 1.807) is 0 Å². The standard InChI is InChI=1S/C12H25NS/c1-10(2)13(11-8-14-9-11)7-6-12(3,4)5/h10-11H,6-9H2,1-5H3. The lowest BCUT2D eigenvalue weighted by molar-refractivity contribution is 0.150. The van der Waals surface area contributed by atoms with Gasteiger partial charge in [-0.05, 0) is 32.2 Å². The van der Waals surface area contributed by atoms with Crippen molar-refractivity contribution in [2.75, 3.05) is 18.1 Å². The summed E-state index contributed by atoms with van der Waals surface area (Å²) in [5, 5.41) is 0. The molecule has 1 saturated heterocycles. The fourth-order valence-electron chi connectivity index (χ4n) is 1.74. The Bertz CT molecular complexity index is 168. The highest BCUT2D eigenvalue weighted by Gasteiger charge is 2.27. The summed E-state index contributed by atoms with van der Waals surface area (Å²) in [5.41, 5.74) is 0.476. The summed E-state index contributed by atoms with van der Waals surface area (Å²) in [6, 6.07) is 1.57. The lowest BCUT2D eigenvalue weighted by atomic mass is 9.91. The fraction of sp³-hybridized carbons (Fsp3) is 1.00. The van der Waals surface area contributed by atoms with Gasteiger partial charge in [0.15, 0.2) is 0 Å². The van der Waals surface area contributed by atoms with Crippen LogP contribution in [0.4, 0.5) is 0 Å². The molecule has 84 valence electrons. The maximum atomic E-state index is 2.68. The van der Waals surface area contributed by atoms with E-state index in [0.717, 1.165) is 6.04 Å². The number of hydrogen-bond acceptors (Lipinski definition) is 2. The molecule has 1 fully saturated rings. The minimum atomic E-state index is 0.476. The minimum absolute atomic E-state index is 0.476. The predicted molar refractivity (Wildman–Crippen MR) is 67.0 cm³/mol. The molecule has 0 radical (unpaired) electrons. The van der Waals surface area contributed by atoms with Crippen LogP contribution in [0.15, 0.2) is 0 Å². The summed E-state index contributed by atoms with van der Waals surface area (Å²) in [5.74, 6) is 2.70. The number of hydrogen-bond donors (Lipinski definition) is 0. The summed E-state index contributed by atoms with van der Waals surface area (Å²) in [6.45, 7) is 12.9. The first-order chi connectivity index (χ1) is 6.40. The van der Waals surface area contributed by atoms with Gasteiger partial charge < -0.3 is 0 Å². The van der Waals surface area contributed by atoms with Crippen LogP contribution in [-0.4, -0.2) is 35.0 Å². The highest BCUT2D eigenvalue weighted by Crippen LogP contribution is 2.27. The largest absolute Gasteiger partial charge is 0.296 e. The second-order valence-electron chi connectivity index (χ2n) is 5.83. The van der Waals surface area contributed by atoms with Crippen molar-refractivity contribution in [1.82, 2.24) is 4.90 Å². The van der Waals surface area contributed by atoms with Crippen LogP contribution in [0.1, 0.15) is 41.0 Å². The molecule has 1 aliphatic rings. The van der Waals surface area contributed by atoms with Crippen LogP contribution in [-0.2, 0) is 0 Å². The van der Waals surface area contributed by atoms with Crippen LogP contribution in [0, 0.1) is 5.41 Å². The quantitative estimate of drug-likeness (QED) is 0.708. The number of nitrogens with zero attached hydrogens (tertiary/aromatic N) is 1. The Morgan fingerprint density at radius 2 is 1.86 bits per heavy atom. The zero-order valence-electron chi connectivity index (χ0n) is 10.3. The summed E-state index contributed by atoms with van der Waals surface area (Å²) >= 11 is 2.08. The Kier molecular flexibility index (Phi) is 4.32. The van der Waals surface area contributed by atoms with Gasteiger partial charge in [0.1, 0.15) is 0 Å². The van der Waals surface area contributed by atoms with Gasteiger partial charge in [0.2, 0.25) is 0 Å². The smallest absolute Gasteiger partial charge is 0.0279 e. The van der Waals surface area contributed by atoms with E-state index in [0.29, 0.717) is 11.5 Å². The molecule has 0 bridgehead atoms. The number of rotatable bonds is 4. The van der Waals surface area contributed by atoms with Crippen LogP contribution in [0.2, 0.25) is 0 Å². The van der Waals surface area contributed by atoms with Crippen LogP contribution < -0.4 is 0 Å². The van der Waals surface area contributed by atoms with Crippen molar-refractivity contribution in [3.63, 3.8) is 0 Å². The van der Waals surface area contributed by atoms with Gasteiger partial charge in [-0.25, -0.2) is 0 Å². The van der Waals surface area contributed by atoms with E-state index in [1.165, 1.54) is 24.5 Å². The van der Waals surface area contributed by atoms with Crippen molar-refractivity contribution in [3.8, 4) is 0 Å². The predicted octanol–water partition coefficient (Wildman–Crippen LogP) is 3.25. The molecular weight excluding hydrogens is 190 g/mol. The topological polar surface area (TPSA) is 3.24 Å². The second-order valence-corrected chi connectivity index (χ2v) is 6.91. The van der Waals surface area contributed by atoms with E-state index >= 15 is 0 Å². The van der Waals surface area contributed by atoms with Gasteiger partial charge in [0.25, 0.3) is 0 Å². The van der Waals surface area contributed by atoms with Gasteiger partial charge in [-0.15, -0.1) is 0 Å². The van der Waals surface area contributed by atoms with Crippen molar-refractivity contribution in [3.05, 3.63) is 0 Å². The van der Waals surface area contributed by atoms with Crippen molar-refractivity contribution in [2.24, 2.45) is 5.41 Å². The first kappa shape index (κ1) is 12.4. The van der Waals surface area contributed by atoms with Gasteiger partial charge in [0.05, 0.1) is 0 Å². The maximum Gasteiger partial charge on any atom is 0.0279 e. The Labute approximate surface area is 93.6 Å². The maximum absolute atomic E-state index is 2.68.